The predicted molar refractivity (Wildman–Crippen MR) is 162 cm³/mol. The second-order valence-corrected chi connectivity index (χ2v) is 11.2. The first kappa shape index (κ1) is 35.1. The van der Waals surface area contributed by atoms with E-state index in [2.05, 4.69) is 10.3 Å². The second kappa shape index (κ2) is 15.5. The highest BCUT2D eigenvalue weighted by Gasteiger charge is 2.32. The summed E-state index contributed by atoms with van der Waals surface area (Å²) >= 11 is 0. The van der Waals surface area contributed by atoms with Gasteiger partial charge in [0.25, 0.3) is 11.8 Å². The van der Waals surface area contributed by atoms with Gasteiger partial charge in [-0.1, -0.05) is 30.3 Å². The van der Waals surface area contributed by atoms with E-state index in [1.54, 1.807) is 6.20 Å². The largest absolute Gasteiger partial charge is 0.416 e. The number of aromatic nitrogens is 1. The van der Waals surface area contributed by atoms with Gasteiger partial charge in [0.05, 0.1) is 36.3 Å². The Morgan fingerprint density at radius 3 is 2.16 bits per heavy atom. The van der Waals surface area contributed by atoms with Gasteiger partial charge in [-0.25, -0.2) is 0 Å². The number of rotatable bonds is 17. The van der Waals surface area contributed by atoms with Gasteiger partial charge in [-0.05, 0) is 54.7 Å². The molecule has 0 aliphatic carbocycles. The molecule has 1 aromatic heterocycles. The molecule has 0 bridgehead atoms. The molecule has 0 aliphatic rings. The van der Waals surface area contributed by atoms with Crippen molar-refractivity contribution in [3.8, 4) is 0 Å². The van der Waals surface area contributed by atoms with E-state index >= 15 is 0 Å². The van der Waals surface area contributed by atoms with Crippen LogP contribution in [0.15, 0.2) is 60.8 Å². The number of alkyl halides is 3. The summed E-state index contributed by atoms with van der Waals surface area (Å²) in [7, 11) is 0. The van der Waals surface area contributed by atoms with E-state index in [9.17, 15) is 32.3 Å². The topological polar surface area (TPSA) is 197 Å². The highest BCUT2D eigenvalue weighted by atomic mass is 19.4. The van der Waals surface area contributed by atoms with E-state index in [0.717, 1.165) is 23.0 Å². The maximum Gasteiger partial charge on any atom is 0.416 e. The lowest BCUT2D eigenvalue weighted by molar-refractivity contribution is -0.912. The van der Waals surface area contributed by atoms with Gasteiger partial charge in [0.15, 0.2) is 18.9 Å². The van der Waals surface area contributed by atoms with E-state index in [-0.39, 0.29) is 62.3 Å². The van der Waals surface area contributed by atoms with Crippen LogP contribution < -0.4 is 28.3 Å². The molecule has 2 aromatic carbocycles. The molecule has 0 saturated carbocycles. The Morgan fingerprint density at radius 1 is 0.911 bits per heavy atom. The first-order valence-corrected chi connectivity index (χ1v) is 14.4. The number of nitrogens with two attached hydrogens (primary N) is 4. The number of amides is 3. The summed E-state index contributed by atoms with van der Waals surface area (Å²) in [6.07, 6.45) is -2.68. The Labute approximate surface area is 258 Å². The molecule has 9 N–H and O–H groups in total. The van der Waals surface area contributed by atoms with Gasteiger partial charge in [-0.3, -0.25) is 24.2 Å². The summed E-state index contributed by atoms with van der Waals surface area (Å²) in [5, 5.41) is 3.50. The lowest BCUT2D eigenvalue weighted by Gasteiger charge is -2.36. The molecule has 45 heavy (non-hydrogen) atoms. The minimum Gasteiger partial charge on any atom is -0.365 e. The fourth-order valence-corrected chi connectivity index (χ4v) is 5.32. The quantitative estimate of drug-likeness (QED) is 0.137. The third-order valence-corrected chi connectivity index (χ3v) is 7.52. The Kier molecular flexibility index (Phi) is 12.1. The molecule has 14 heteroatoms. The number of nitrogens with zero attached hydrogens (tertiary/aromatic N) is 2. The second-order valence-electron chi connectivity index (χ2n) is 11.2. The zero-order valence-electron chi connectivity index (χ0n) is 24.8. The molecule has 242 valence electrons. The fraction of sp³-hybridized carbons (Fsp3) is 0.387. The van der Waals surface area contributed by atoms with E-state index in [1.807, 2.05) is 30.3 Å². The van der Waals surface area contributed by atoms with Crippen LogP contribution in [0.4, 0.5) is 13.2 Å². The normalized spacial score (nSPS) is 13.3. The number of pyridine rings is 1. The minimum absolute atomic E-state index is 0.0653. The van der Waals surface area contributed by atoms with Crippen molar-refractivity contribution >= 4 is 34.4 Å². The minimum atomic E-state index is -4.52. The van der Waals surface area contributed by atoms with Crippen LogP contribution in [0.25, 0.3) is 10.9 Å². The lowest BCUT2D eigenvalue weighted by Crippen LogP contribution is -2.59. The van der Waals surface area contributed by atoms with E-state index in [4.69, 9.17) is 22.9 Å². The molecule has 1 heterocycles. The number of ketones is 1. The van der Waals surface area contributed by atoms with Crippen LogP contribution in [0.2, 0.25) is 0 Å². The lowest BCUT2D eigenvalue weighted by atomic mass is 9.96. The predicted octanol–water partition coefficient (Wildman–Crippen LogP) is 0.946. The summed E-state index contributed by atoms with van der Waals surface area (Å²) in [5.41, 5.74) is 23.6. The van der Waals surface area contributed by atoms with Crippen LogP contribution in [0.1, 0.15) is 29.5 Å². The average molecular weight is 631 g/mol. The smallest absolute Gasteiger partial charge is 0.365 e. The monoisotopic (exact) mass is 630 g/mol. The Balaban J connectivity index is 1.74. The van der Waals surface area contributed by atoms with E-state index < -0.39 is 41.5 Å². The van der Waals surface area contributed by atoms with Gasteiger partial charge >= 0.3 is 6.18 Å². The van der Waals surface area contributed by atoms with Crippen molar-refractivity contribution in [2.24, 2.45) is 22.9 Å². The SMILES string of the molecule is NCC[N+](CCC[C@H](N)C(=O)N[C@H](Cc1ccc(C(F)(F)F)cc1)C(=O)Cc1cnc2ccccc2c1)(CC(N)=O)CC(N)=O. The number of nitrogens with one attached hydrogen (secondary N) is 1. The van der Waals surface area contributed by atoms with Crippen molar-refractivity contribution in [2.75, 3.05) is 32.7 Å². The van der Waals surface area contributed by atoms with Gasteiger partial charge in [0.1, 0.15) is 0 Å². The van der Waals surface area contributed by atoms with Crippen LogP contribution in [-0.2, 0) is 38.2 Å². The summed E-state index contributed by atoms with van der Waals surface area (Å²) in [6.45, 7) is 0.310. The maximum atomic E-state index is 13.5. The van der Waals surface area contributed by atoms with Crippen molar-refractivity contribution in [1.82, 2.24) is 10.3 Å². The molecule has 11 nitrogen and oxygen atoms in total. The van der Waals surface area contributed by atoms with Gasteiger partial charge in [0, 0.05) is 24.5 Å². The van der Waals surface area contributed by atoms with Crippen molar-refractivity contribution in [3.05, 3.63) is 77.5 Å². The highest BCUT2D eigenvalue weighted by Crippen LogP contribution is 2.29. The van der Waals surface area contributed by atoms with Crippen molar-refractivity contribution < 1.29 is 36.8 Å². The number of hydrogen-bond donors (Lipinski definition) is 5. The maximum absolute atomic E-state index is 13.5. The van der Waals surface area contributed by atoms with Crippen LogP contribution in [0.3, 0.4) is 0 Å². The van der Waals surface area contributed by atoms with Crippen LogP contribution in [0.5, 0.6) is 0 Å². The van der Waals surface area contributed by atoms with E-state index in [0.29, 0.717) is 17.5 Å². The van der Waals surface area contributed by atoms with E-state index in [1.165, 1.54) is 12.1 Å². The van der Waals surface area contributed by atoms with Gasteiger partial charge in [-0.2, -0.15) is 13.2 Å². The van der Waals surface area contributed by atoms with Gasteiger partial charge in [-0.15, -0.1) is 0 Å². The van der Waals surface area contributed by atoms with Gasteiger partial charge < -0.3 is 32.7 Å². The number of primary amides is 2. The number of fused-ring (bicyclic) bond motifs is 1. The van der Waals surface area contributed by atoms with Crippen LogP contribution in [-0.4, -0.2) is 77.8 Å². The standard InChI is InChI=1S/C31H38F3N7O4/c32-31(33,34)23-9-7-20(8-10-23)15-26(27(42)16-21-14-22-4-1-2-6-25(22)39-17-21)40-30(45)24(36)5-3-12-41(13-11-35,18-28(37)43)19-29(38)44/h1-2,4,6-10,14,17,24,26H,3,5,11-13,15-16,18-19,35-36H2,(H4-,37,38,40,43,44,45)/p+1/t24-,26+/m0/s1. The number of halogens is 3. The molecule has 0 unspecified atom stereocenters. The first-order chi connectivity index (χ1) is 21.2. The van der Waals surface area contributed by atoms with Crippen LogP contribution in [0, 0.1) is 0 Å². The molecular formula is C31H39F3N7O4+. The molecule has 3 amide bonds. The molecule has 0 fully saturated rings. The first-order valence-electron chi connectivity index (χ1n) is 14.4. The Bertz CT molecular complexity index is 1480. The molecule has 3 aromatic rings. The third-order valence-electron chi connectivity index (χ3n) is 7.52. The molecule has 0 spiro atoms. The Hall–Kier alpha value is -4.40. The zero-order chi connectivity index (χ0) is 33.2. The van der Waals surface area contributed by atoms with Crippen molar-refractivity contribution in [1.29, 1.82) is 0 Å². The molecule has 3 rings (SSSR count). The summed E-state index contributed by atoms with van der Waals surface area (Å²) < 4.78 is 39.2. The third kappa shape index (κ3) is 10.6. The summed E-state index contributed by atoms with van der Waals surface area (Å²) in [6, 6.07) is 11.4. The number of carbonyl (C=O) groups excluding carboxylic acids is 4. The van der Waals surface area contributed by atoms with Crippen molar-refractivity contribution in [2.45, 2.75) is 43.9 Å². The summed E-state index contributed by atoms with van der Waals surface area (Å²) in [5.74, 6) is -2.30. The van der Waals surface area contributed by atoms with Crippen LogP contribution >= 0.6 is 0 Å². The number of Topliss-reactive ketones (excluding diaryl/α,β-unsaturated/α-hetero) is 1. The van der Waals surface area contributed by atoms with Gasteiger partial charge in [0.2, 0.25) is 5.91 Å². The van der Waals surface area contributed by atoms with Crippen molar-refractivity contribution in [3.63, 3.8) is 0 Å². The molecule has 2 atom stereocenters. The number of benzene rings is 2. The Morgan fingerprint density at radius 2 is 1.56 bits per heavy atom. The highest BCUT2D eigenvalue weighted by molar-refractivity contribution is 5.92. The number of quaternary nitrogens is 1. The summed E-state index contributed by atoms with van der Waals surface area (Å²) in [4.78, 5) is 54.5. The molecular weight excluding hydrogens is 591 g/mol. The number of para-hydroxylation sites is 1. The molecule has 0 aliphatic heterocycles. The molecule has 0 saturated heterocycles. The fourth-order valence-electron chi connectivity index (χ4n) is 5.32. The number of hydrogen-bond acceptors (Lipinski definition) is 7. The zero-order valence-corrected chi connectivity index (χ0v) is 24.8. The average Bonchev–Trinajstić information content (AvgIpc) is 2.95. The number of carbonyl (C=O) groups is 4. The molecule has 0 radical (unpaired) electrons.